The van der Waals surface area contributed by atoms with Gasteiger partial charge in [0.05, 0.1) is 16.6 Å². The number of carbonyl (C=O) groups excluding carboxylic acids is 1. The first kappa shape index (κ1) is 19.0. The van der Waals surface area contributed by atoms with Gasteiger partial charge in [0.25, 0.3) is 5.91 Å². The second kappa shape index (κ2) is 7.68. The van der Waals surface area contributed by atoms with E-state index >= 15 is 0 Å². The molecular weight excluding hydrogens is 396 g/mol. The van der Waals surface area contributed by atoms with E-state index in [9.17, 15) is 4.79 Å². The normalized spacial score (nSPS) is 15.8. The Hall–Kier alpha value is -3.00. The zero-order chi connectivity index (χ0) is 20.7. The van der Waals surface area contributed by atoms with Crippen LogP contribution in [0.4, 0.5) is 0 Å². The monoisotopic (exact) mass is 420 g/mol. The molecule has 7 nitrogen and oxygen atoms in total. The lowest BCUT2D eigenvalue weighted by Gasteiger charge is -2.13. The van der Waals surface area contributed by atoms with Crippen LogP contribution >= 0.6 is 12.2 Å². The van der Waals surface area contributed by atoms with Gasteiger partial charge in [0.2, 0.25) is 0 Å². The summed E-state index contributed by atoms with van der Waals surface area (Å²) in [5.74, 6) is 0.653. The molecule has 1 amide bonds. The molecule has 2 saturated carbocycles. The zero-order valence-electron chi connectivity index (χ0n) is 16.8. The lowest BCUT2D eigenvalue weighted by molar-refractivity contribution is 0.0945. The Morgan fingerprint density at radius 3 is 2.57 bits per heavy atom. The minimum atomic E-state index is -0.219. The summed E-state index contributed by atoms with van der Waals surface area (Å²) in [7, 11) is 1.90. The fraction of sp³-hybridized carbons (Fsp3) is 0.364. The van der Waals surface area contributed by atoms with Crippen molar-refractivity contribution in [3.63, 3.8) is 0 Å². The van der Waals surface area contributed by atoms with Crippen molar-refractivity contribution in [3.8, 4) is 0 Å². The van der Waals surface area contributed by atoms with Gasteiger partial charge in [0.15, 0.2) is 10.8 Å². The predicted octanol–water partition coefficient (Wildman–Crippen LogP) is 3.03. The van der Waals surface area contributed by atoms with Crippen LogP contribution in [0.1, 0.15) is 64.8 Å². The van der Waals surface area contributed by atoms with Crippen molar-refractivity contribution >= 4 is 34.3 Å². The number of nitrogens with zero attached hydrogens (tertiary/aromatic N) is 3. The highest BCUT2D eigenvalue weighted by atomic mass is 32.1. The summed E-state index contributed by atoms with van der Waals surface area (Å²) < 4.78 is 1.81. The molecule has 2 aromatic heterocycles. The number of nitrogens with one attached hydrogen (secondary N) is 3. The zero-order valence-corrected chi connectivity index (χ0v) is 17.6. The van der Waals surface area contributed by atoms with Crippen LogP contribution in [-0.2, 0) is 13.6 Å². The van der Waals surface area contributed by atoms with Gasteiger partial charge >= 0.3 is 0 Å². The Bertz CT molecular complexity index is 1120. The number of rotatable bonds is 5. The number of thiocarbonyl (C=S) groups is 1. The van der Waals surface area contributed by atoms with Crippen molar-refractivity contribution in [1.29, 1.82) is 0 Å². The second-order valence-electron chi connectivity index (χ2n) is 8.10. The Labute approximate surface area is 180 Å². The van der Waals surface area contributed by atoms with Crippen LogP contribution in [0.3, 0.4) is 0 Å². The van der Waals surface area contributed by atoms with E-state index < -0.39 is 0 Å². The quantitative estimate of drug-likeness (QED) is 0.435. The summed E-state index contributed by atoms with van der Waals surface area (Å²) in [4.78, 5) is 17.9. The van der Waals surface area contributed by atoms with Crippen molar-refractivity contribution in [3.05, 3.63) is 58.9 Å². The number of hydrogen-bond acceptors (Lipinski definition) is 4. The molecule has 5 rings (SSSR count). The number of hydrazine groups is 1. The van der Waals surface area contributed by atoms with Crippen molar-refractivity contribution < 1.29 is 4.79 Å². The maximum absolute atomic E-state index is 13.1. The molecule has 3 aromatic rings. The van der Waals surface area contributed by atoms with Crippen molar-refractivity contribution in [1.82, 2.24) is 30.9 Å². The maximum atomic E-state index is 13.1. The van der Waals surface area contributed by atoms with Gasteiger partial charge in [-0.25, -0.2) is 4.98 Å². The second-order valence-corrected chi connectivity index (χ2v) is 8.51. The lowest BCUT2D eigenvalue weighted by atomic mass is 10.1. The summed E-state index contributed by atoms with van der Waals surface area (Å²) in [6.07, 6.45) is 4.48. The molecule has 0 radical (unpaired) electrons. The third-order valence-corrected chi connectivity index (χ3v) is 5.88. The molecule has 0 spiro atoms. The summed E-state index contributed by atoms with van der Waals surface area (Å²) in [6, 6.07) is 11.9. The lowest BCUT2D eigenvalue weighted by Crippen LogP contribution is -2.46. The Balaban J connectivity index is 1.34. The molecule has 2 fully saturated rings. The minimum absolute atomic E-state index is 0.219. The van der Waals surface area contributed by atoms with Gasteiger partial charge in [-0.1, -0.05) is 30.3 Å². The number of aromatic nitrogens is 3. The average molecular weight is 421 g/mol. The SMILES string of the molecule is Cn1nc(C2CC2)c2c(C(=O)NNC(=S)NCc3ccccc3)cc(C3CC3)nc21. The fourth-order valence-electron chi connectivity index (χ4n) is 3.71. The predicted molar refractivity (Wildman–Crippen MR) is 119 cm³/mol. The highest BCUT2D eigenvalue weighted by molar-refractivity contribution is 7.80. The first-order valence-electron chi connectivity index (χ1n) is 10.4. The number of amides is 1. The van der Waals surface area contributed by atoms with Crippen molar-refractivity contribution in [2.75, 3.05) is 0 Å². The molecule has 0 atom stereocenters. The summed E-state index contributed by atoms with van der Waals surface area (Å²) in [5.41, 5.74) is 10.1. The number of fused-ring (bicyclic) bond motifs is 1. The third kappa shape index (κ3) is 3.87. The van der Waals surface area contributed by atoms with E-state index in [4.69, 9.17) is 17.2 Å². The van der Waals surface area contributed by atoms with E-state index in [1.54, 1.807) is 0 Å². The van der Waals surface area contributed by atoms with E-state index in [2.05, 4.69) is 21.3 Å². The van der Waals surface area contributed by atoms with Crippen molar-refractivity contribution in [2.24, 2.45) is 7.05 Å². The van der Waals surface area contributed by atoms with Gasteiger partial charge in [-0.15, -0.1) is 0 Å². The maximum Gasteiger partial charge on any atom is 0.270 e. The molecule has 2 aliphatic rings. The fourth-order valence-corrected chi connectivity index (χ4v) is 3.83. The van der Waals surface area contributed by atoms with Gasteiger partial charge in [0.1, 0.15) is 0 Å². The largest absolute Gasteiger partial charge is 0.357 e. The van der Waals surface area contributed by atoms with Gasteiger partial charge in [-0.2, -0.15) is 5.10 Å². The Morgan fingerprint density at radius 2 is 1.87 bits per heavy atom. The number of carbonyl (C=O) groups is 1. The molecule has 0 unspecified atom stereocenters. The standard InChI is InChI=1S/C22H24N6OS/c1-28-20-18(19(27-28)15-9-10-15)16(11-17(24-20)14-7-8-14)21(29)25-26-22(30)23-12-13-5-3-2-4-6-13/h2-6,11,14-15H,7-10,12H2,1H3,(H,25,29)(H2,23,26,30). The molecule has 8 heteroatoms. The van der Waals surface area contributed by atoms with E-state index in [-0.39, 0.29) is 5.91 Å². The molecule has 0 aliphatic heterocycles. The van der Waals surface area contributed by atoms with Gasteiger partial charge < -0.3 is 5.32 Å². The molecule has 0 saturated heterocycles. The van der Waals surface area contributed by atoms with E-state index in [1.807, 2.05) is 48.1 Å². The molecule has 154 valence electrons. The smallest absolute Gasteiger partial charge is 0.270 e. The van der Waals surface area contributed by atoms with Gasteiger partial charge in [-0.05, 0) is 49.5 Å². The highest BCUT2D eigenvalue weighted by Crippen LogP contribution is 2.45. The number of hydrogen-bond donors (Lipinski definition) is 3. The van der Waals surface area contributed by atoms with Crippen molar-refractivity contribution in [2.45, 2.75) is 44.1 Å². The van der Waals surface area contributed by atoms with Crippen LogP contribution in [0.2, 0.25) is 0 Å². The number of pyridine rings is 1. The molecule has 1 aromatic carbocycles. The Morgan fingerprint density at radius 1 is 1.13 bits per heavy atom. The molecule has 2 aliphatic carbocycles. The van der Waals surface area contributed by atoms with Crippen LogP contribution in [0.15, 0.2) is 36.4 Å². The summed E-state index contributed by atoms with van der Waals surface area (Å²) in [6.45, 7) is 0.586. The average Bonchev–Trinajstić information content (AvgIpc) is 3.68. The molecule has 3 N–H and O–H groups in total. The highest BCUT2D eigenvalue weighted by Gasteiger charge is 2.33. The molecule has 0 bridgehead atoms. The topological polar surface area (TPSA) is 83.9 Å². The molecule has 30 heavy (non-hydrogen) atoms. The molecular formula is C22H24N6OS. The number of aryl methyl sites for hydroxylation is 1. The first-order chi connectivity index (χ1) is 14.6. The number of benzene rings is 1. The van der Waals surface area contributed by atoms with Crippen LogP contribution in [0, 0.1) is 0 Å². The van der Waals surface area contributed by atoms with Crippen LogP contribution in [0.25, 0.3) is 11.0 Å². The summed E-state index contributed by atoms with van der Waals surface area (Å²) in [5, 5.41) is 9.03. The Kier molecular flexibility index (Phi) is 4.86. The van der Waals surface area contributed by atoms with Crippen LogP contribution in [0.5, 0.6) is 0 Å². The van der Waals surface area contributed by atoms with E-state index in [0.29, 0.717) is 29.1 Å². The van der Waals surface area contributed by atoms with Crippen LogP contribution in [-0.4, -0.2) is 25.8 Å². The third-order valence-electron chi connectivity index (χ3n) is 5.63. The van der Waals surface area contributed by atoms with E-state index in [0.717, 1.165) is 53.7 Å². The first-order valence-corrected chi connectivity index (χ1v) is 10.8. The minimum Gasteiger partial charge on any atom is -0.357 e. The van der Waals surface area contributed by atoms with E-state index in [1.165, 1.54) is 0 Å². The summed E-state index contributed by atoms with van der Waals surface area (Å²) >= 11 is 5.31. The van der Waals surface area contributed by atoms with Crippen LogP contribution < -0.4 is 16.2 Å². The molecule has 2 heterocycles. The van der Waals surface area contributed by atoms with Gasteiger partial charge in [-0.3, -0.25) is 20.3 Å². The van der Waals surface area contributed by atoms with Gasteiger partial charge in [0, 0.05) is 31.1 Å².